The van der Waals surface area contributed by atoms with Gasteiger partial charge in [-0.2, -0.15) is 9.61 Å². The quantitative estimate of drug-likeness (QED) is 0.581. The molecule has 0 aliphatic heterocycles. The Labute approximate surface area is 152 Å². The fourth-order valence-corrected chi connectivity index (χ4v) is 2.89. The molecule has 8 heteroatoms. The van der Waals surface area contributed by atoms with Gasteiger partial charge in [0.25, 0.3) is 0 Å². The molecule has 0 unspecified atom stereocenters. The van der Waals surface area contributed by atoms with Crippen molar-refractivity contribution in [2.75, 3.05) is 25.1 Å². The molecule has 3 aromatic rings. The first-order chi connectivity index (χ1) is 11.6. The predicted molar refractivity (Wildman–Crippen MR) is 97.3 cm³/mol. The molecule has 6 nitrogen and oxygen atoms in total. The van der Waals surface area contributed by atoms with Crippen molar-refractivity contribution in [1.29, 1.82) is 0 Å². The van der Waals surface area contributed by atoms with Crippen LogP contribution in [0.4, 0.5) is 5.82 Å². The number of anilines is 1. The van der Waals surface area contributed by atoms with E-state index in [1.165, 1.54) is 0 Å². The van der Waals surface area contributed by atoms with Crippen molar-refractivity contribution < 1.29 is 10.2 Å². The molecule has 3 N–H and O–H groups in total. The van der Waals surface area contributed by atoms with Crippen molar-refractivity contribution in [3.8, 4) is 11.3 Å². The van der Waals surface area contributed by atoms with Crippen LogP contribution in [0.2, 0.25) is 5.02 Å². The van der Waals surface area contributed by atoms with E-state index in [1.807, 2.05) is 30.3 Å². The summed E-state index contributed by atoms with van der Waals surface area (Å²) in [5.41, 5.74) is 2.18. The molecule has 1 aromatic carbocycles. The Morgan fingerprint density at radius 3 is 2.71 bits per heavy atom. The summed E-state index contributed by atoms with van der Waals surface area (Å²) in [4.78, 5) is 4.62. The summed E-state index contributed by atoms with van der Waals surface area (Å²) in [5.74, 6) is 0.448. The first-order valence-corrected chi connectivity index (χ1v) is 8.56. The number of fused-ring (bicyclic) bond motifs is 1. The van der Waals surface area contributed by atoms with Crippen molar-refractivity contribution in [3.63, 3.8) is 0 Å². The fraction of sp³-hybridized carbons (Fsp3) is 0.250. The zero-order valence-electron chi connectivity index (χ0n) is 12.7. The highest BCUT2D eigenvalue weighted by Crippen LogP contribution is 2.30. The minimum absolute atomic E-state index is 0.0993. The number of halogens is 2. The third-order valence-corrected chi connectivity index (χ3v) is 4.56. The van der Waals surface area contributed by atoms with Crippen LogP contribution in [-0.4, -0.2) is 44.6 Å². The number of aliphatic hydroxyl groups excluding tert-OH is 2. The van der Waals surface area contributed by atoms with Crippen LogP contribution in [0, 0.1) is 5.92 Å². The van der Waals surface area contributed by atoms with Crippen LogP contribution in [0.25, 0.3) is 16.9 Å². The molecule has 126 valence electrons. The van der Waals surface area contributed by atoms with E-state index in [0.29, 0.717) is 28.7 Å². The van der Waals surface area contributed by atoms with Crippen molar-refractivity contribution in [2.24, 2.45) is 5.92 Å². The van der Waals surface area contributed by atoms with E-state index in [0.717, 1.165) is 10.0 Å². The van der Waals surface area contributed by atoms with Crippen molar-refractivity contribution in [1.82, 2.24) is 14.6 Å². The molecule has 0 radical (unpaired) electrons. The molecular formula is C16H16BrClN4O2. The normalized spacial score (nSPS) is 11.4. The van der Waals surface area contributed by atoms with E-state index in [1.54, 1.807) is 10.7 Å². The lowest BCUT2D eigenvalue weighted by Gasteiger charge is -2.15. The van der Waals surface area contributed by atoms with Gasteiger partial charge < -0.3 is 15.5 Å². The zero-order valence-corrected chi connectivity index (χ0v) is 15.0. The number of benzene rings is 1. The molecule has 0 bridgehead atoms. The number of nitrogens with one attached hydrogen (secondary N) is 1. The molecule has 2 heterocycles. The monoisotopic (exact) mass is 410 g/mol. The van der Waals surface area contributed by atoms with Crippen molar-refractivity contribution in [2.45, 2.75) is 0 Å². The van der Waals surface area contributed by atoms with Crippen LogP contribution in [0.5, 0.6) is 0 Å². The summed E-state index contributed by atoms with van der Waals surface area (Å²) in [6, 6.07) is 9.33. The van der Waals surface area contributed by atoms with Gasteiger partial charge in [-0.15, -0.1) is 0 Å². The Morgan fingerprint density at radius 2 is 2.00 bits per heavy atom. The summed E-state index contributed by atoms with van der Waals surface area (Å²) in [6.07, 6.45) is 1.67. The second kappa shape index (κ2) is 7.48. The van der Waals surface area contributed by atoms with Crippen LogP contribution < -0.4 is 5.32 Å². The number of hydrogen-bond donors (Lipinski definition) is 3. The molecule has 0 spiro atoms. The van der Waals surface area contributed by atoms with Gasteiger partial charge in [-0.25, -0.2) is 4.98 Å². The minimum Gasteiger partial charge on any atom is -0.396 e. The topological polar surface area (TPSA) is 82.7 Å². The first kappa shape index (κ1) is 17.2. The Kier molecular flexibility index (Phi) is 5.35. The number of nitrogens with zero attached hydrogens (tertiary/aromatic N) is 3. The van der Waals surface area contributed by atoms with Gasteiger partial charge in [0.15, 0.2) is 5.65 Å². The molecular weight excluding hydrogens is 396 g/mol. The molecule has 24 heavy (non-hydrogen) atoms. The molecule has 0 amide bonds. The number of aromatic nitrogens is 3. The molecule has 0 fully saturated rings. The van der Waals surface area contributed by atoms with E-state index in [4.69, 9.17) is 11.6 Å². The average molecular weight is 412 g/mol. The van der Waals surface area contributed by atoms with Crippen molar-refractivity contribution >= 4 is 39.0 Å². The zero-order chi connectivity index (χ0) is 17.1. The molecule has 0 atom stereocenters. The van der Waals surface area contributed by atoms with Gasteiger partial charge in [-0.1, -0.05) is 29.8 Å². The van der Waals surface area contributed by atoms with Crippen LogP contribution in [0.1, 0.15) is 0 Å². The van der Waals surface area contributed by atoms with Gasteiger partial charge >= 0.3 is 0 Å². The third-order valence-electron chi connectivity index (χ3n) is 3.67. The average Bonchev–Trinajstić information content (AvgIpc) is 2.97. The highest BCUT2D eigenvalue weighted by atomic mass is 79.9. The van der Waals surface area contributed by atoms with E-state index < -0.39 is 0 Å². The summed E-state index contributed by atoms with van der Waals surface area (Å²) in [6.45, 7) is 0.210. The second-order valence-electron chi connectivity index (χ2n) is 5.35. The van der Waals surface area contributed by atoms with Crippen molar-refractivity contribution in [3.05, 3.63) is 46.0 Å². The SMILES string of the molecule is OCC(CO)CNc1cc(-c2ccccc2Cl)nc2c(Br)cnn12. The minimum atomic E-state index is -0.254. The van der Waals surface area contributed by atoms with Crippen LogP contribution in [-0.2, 0) is 0 Å². The lowest BCUT2D eigenvalue weighted by atomic mass is 10.1. The molecule has 0 saturated carbocycles. The number of hydrogen-bond acceptors (Lipinski definition) is 5. The maximum atomic E-state index is 9.23. The molecule has 3 rings (SSSR count). The molecule has 0 aliphatic rings. The van der Waals surface area contributed by atoms with E-state index in [2.05, 4.69) is 31.3 Å². The van der Waals surface area contributed by atoms with E-state index >= 15 is 0 Å². The highest BCUT2D eigenvalue weighted by Gasteiger charge is 2.14. The Balaban J connectivity index is 2.06. The first-order valence-electron chi connectivity index (χ1n) is 7.38. The maximum Gasteiger partial charge on any atom is 0.172 e. The van der Waals surface area contributed by atoms with E-state index in [9.17, 15) is 10.2 Å². The summed E-state index contributed by atoms with van der Waals surface area (Å²) in [7, 11) is 0. The van der Waals surface area contributed by atoms with Crippen LogP contribution >= 0.6 is 27.5 Å². The van der Waals surface area contributed by atoms with E-state index in [-0.39, 0.29) is 19.1 Å². The standard InChI is InChI=1S/C16H16BrClN4O2/c17-12-7-20-22-15(19-6-10(8-23)9-24)5-14(21-16(12)22)11-3-1-2-4-13(11)18/h1-5,7,10,19,23-24H,6,8-9H2. The Morgan fingerprint density at radius 1 is 1.25 bits per heavy atom. The smallest absolute Gasteiger partial charge is 0.172 e. The van der Waals surface area contributed by atoms with Crippen LogP contribution in [0.3, 0.4) is 0 Å². The number of rotatable bonds is 6. The van der Waals surface area contributed by atoms with Gasteiger partial charge in [-0.05, 0) is 22.0 Å². The third kappa shape index (κ3) is 3.39. The van der Waals surface area contributed by atoms with Gasteiger partial charge in [0.1, 0.15) is 5.82 Å². The summed E-state index contributed by atoms with van der Waals surface area (Å²) in [5, 5.41) is 26.6. The molecule has 2 aromatic heterocycles. The predicted octanol–water partition coefficient (Wildman–Crippen LogP) is 2.82. The van der Waals surface area contributed by atoms with Crippen LogP contribution in [0.15, 0.2) is 41.0 Å². The Hall–Kier alpha value is -1.67. The Bertz CT molecular complexity index is 851. The highest BCUT2D eigenvalue weighted by molar-refractivity contribution is 9.10. The second-order valence-corrected chi connectivity index (χ2v) is 6.61. The van der Waals surface area contributed by atoms with Gasteiger partial charge in [-0.3, -0.25) is 0 Å². The lowest BCUT2D eigenvalue weighted by Crippen LogP contribution is -2.22. The maximum absolute atomic E-state index is 9.23. The number of aliphatic hydroxyl groups is 2. The molecule has 0 aliphatic carbocycles. The lowest BCUT2D eigenvalue weighted by molar-refractivity contribution is 0.157. The summed E-state index contributed by atoms with van der Waals surface area (Å²) >= 11 is 9.73. The van der Waals surface area contributed by atoms with Gasteiger partial charge in [0.2, 0.25) is 0 Å². The fourth-order valence-electron chi connectivity index (χ4n) is 2.30. The van der Waals surface area contributed by atoms with Gasteiger partial charge in [0.05, 0.1) is 16.4 Å². The molecule has 0 saturated heterocycles. The van der Waals surface area contributed by atoms with Gasteiger partial charge in [0, 0.05) is 42.3 Å². The summed E-state index contributed by atoms with van der Waals surface area (Å²) < 4.78 is 2.43. The largest absolute Gasteiger partial charge is 0.396 e.